The van der Waals surface area contributed by atoms with Crippen LogP contribution < -0.4 is 5.43 Å². The monoisotopic (exact) mass is 278 g/mol. The van der Waals surface area contributed by atoms with Crippen LogP contribution in [0.5, 0.6) is 0 Å². The fourth-order valence-corrected chi connectivity index (χ4v) is 2.58. The molecule has 0 aliphatic carbocycles. The lowest BCUT2D eigenvalue weighted by atomic mass is 10.00. The van der Waals surface area contributed by atoms with Crippen molar-refractivity contribution in [2.45, 2.75) is 52.1 Å². The lowest BCUT2D eigenvalue weighted by Gasteiger charge is -2.39. The first-order chi connectivity index (χ1) is 9.51. The highest BCUT2D eigenvalue weighted by atomic mass is 16.5. The van der Waals surface area contributed by atoms with Crippen LogP contribution in [0.4, 0.5) is 5.82 Å². The van der Waals surface area contributed by atoms with Gasteiger partial charge in [-0.1, -0.05) is 6.42 Å². The minimum atomic E-state index is -0.517. The molecule has 1 saturated heterocycles. The average Bonchev–Trinajstić information content (AvgIpc) is 2.41. The normalized spacial score (nSPS) is 23.4. The number of anilines is 1. The number of carbonyl (C=O) groups is 1. The van der Waals surface area contributed by atoms with Gasteiger partial charge in [0.15, 0.2) is 0 Å². The van der Waals surface area contributed by atoms with Gasteiger partial charge in [0.05, 0.1) is 7.11 Å². The number of hydrazine groups is 1. The maximum absolute atomic E-state index is 11.6. The molecule has 0 amide bonds. The van der Waals surface area contributed by atoms with Gasteiger partial charge in [-0.2, -0.15) is 0 Å². The van der Waals surface area contributed by atoms with Gasteiger partial charge in [0.2, 0.25) is 5.82 Å². The van der Waals surface area contributed by atoms with Crippen molar-refractivity contribution in [1.29, 1.82) is 0 Å². The largest absolute Gasteiger partial charge is 0.463 e. The third-order valence-corrected chi connectivity index (χ3v) is 3.66. The molecule has 2 atom stereocenters. The molecule has 1 aliphatic heterocycles. The second-order valence-electron chi connectivity index (χ2n) is 5.36. The Kier molecular flexibility index (Phi) is 4.54. The minimum absolute atomic E-state index is 0.0901. The number of carbonyl (C=O) groups excluding carboxylic acids is 1. The van der Waals surface area contributed by atoms with Gasteiger partial charge in [-0.3, -0.25) is 0 Å². The number of nitrogens with zero attached hydrogens (tertiary/aromatic N) is 3. The topological polar surface area (TPSA) is 67.3 Å². The van der Waals surface area contributed by atoms with Crippen molar-refractivity contribution < 1.29 is 9.53 Å². The van der Waals surface area contributed by atoms with E-state index in [2.05, 4.69) is 39.0 Å². The first-order valence-electron chi connectivity index (χ1n) is 7.00. The zero-order valence-electron chi connectivity index (χ0n) is 12.5. The van der Waals surface area contributed by atoms with Gasteiger partial charge in [-0.25, -0.2) is 19.8 Å². The summed E-state index contributed by atoms with van der Waals surface area (Å²) in [5.41, 5.74) is 4.05. The number of nitrogens with one attached hydrogen (secondary N) is 1. The summed E-state index contributed by atoms with van der Waals surface area (Å²) in [4.78, 5) is 19.9. The fraction of sp³-hybridized carbons (Fsp3) is 0.643. The van der Waals surface area contributed by atoms with Gasteiger partial charge in [-0.05, 0) is 33.6 Å². The van der Waals surface area contributed by atoms with Crippen molar-refractivity contribution >= 4 is 11.8 Å². The Morgan fingerprint density at radius 3 is 2.60 bits per heavy atom. The average molecular weight is 278 g/mol. The van der Waals surface area contributed by atoms with E-state index in [-0.39, 0.29) is 5.82 Å². The molecule has 2 unspecified atom stereocenters. The number of ether oxygens (including phenoxy) is 1. The van der Waals surface area contributed by atoms with Crippen molar-refractivity contribution in [3.05, 3.63) is 17.6 Å². The van der Waals surface area contributed by atoms with Gasteiger partial charge in [-0.15, -0.1) is 0 Å². The quantitative estimate of drug-likeness (QED) is 0.855. The summed E-state index contributed by atoms with van der Waals surface area (Å²) in [6.07, 6.45) is 3.56. The summed E-state index contributed by atoms with van der Waals surface area (Å²) in [7, 11) is 1.33. The molecule has 1 aromatic rings. The predicted octanol–water partition coefficient (Wildman–Crippen LogP) is 2.16. The molecule has 6 heteroatoms. The number of esters is 1. The van der Waals surface area contributed by atoms with Gasteiger partial charge >= 0.3 is 5.97 Å². The molecule has 1 aromatic heterocycles. The van der Waals surface area contributed by atoms with E-state index >= 15 is 0 Å². The van der Waals surface area contributed by atoms with Crippen LogP contribution in [-0.2, 0) is 4.74 Å². The summed E-state index contributed by atoms with van der Waals surface area (Å²) in [5.74, 6) is 0.210. The molecule has 2 rings (SSSR count). The van der Waals surface area contributed by atoms with E-state index in [9.17, 15) is 4.79 Å². The van der Waals surface area contributed by atoms with Crippen LogP contribution >= 0.6 is 0 Å². The molecule has 2 heterocycles. The van der Waals surface area contributed by atoms with E-state index in [4.69, 9.17) is 0 Å². The molecule has 1 aliphatic rings. The first kappa shape index (κ1) is 14.7. The highest BCUT2D eigenvalue weighted by molar-refractivity contribution is 5.85. The number of hydrogen-bond acceptors (Lipinski definition) is 6. The Hall–Kier alpha value is -1.69. The van der Waals surface area contributed by atoms with Crippen molar-refractivity contribution in [3.63, 3.8) is 0 Å². The minimum Gasteiger partial charge on any atom is -0.463 e. The summed E-state index contributed by atoms with van der Waals surface area (Å²) < 4.78 is 4.67. The highest BCUT2D eigenvalue weighted by Gasteiger charge is 2.25. The number of aromatic nitrogens is 2. The van der Waals surface area contributed by atoms with Crippen molar-refractivity contribution in [2.75, 3.05) is 12.5 Å². The third-order valence-electron chi connectivity index (χ3n) is 3.66. The third kappa shape index (κ3) is 3.25. The second-order valence-corrected chi connectivity index (χ2v) is 5.36. The number of methoxy groups -OCH3 is 1. The molecule has 0 bridgehead atoms. The zero-order chi connectivity index (χ0) is 14.7. The number of hydrogen-bond donors (Lipinski definition) is 1. The Morgan fingerprint density at radius 1 is 1.35 bits per heavy atom. The van der Waals surface area contributed by atoms with E-state index in [0.29, 0.717) is 17.9 Å². The van der Waals surface area contributed by atoms with Crippen LogP contribution in [0.15, 0.2) is 6.07 Å². The number of aryl methyl sites for hydroxylation is 1. The van der Waals surface area contributed by atoms with Gasteiger partial charge in [0.1, 0.15) is 5.82 Å². The van der Waals surface area contributed by atoms with E-state index in [0.717, 1.165) is 18.5 Å². The molecule has 0 aromatic carbocycles. The van der Waals surface area contributed by atoms with E-state index in [1.54, 1.807) is 0 Å². The van der Waals surface area contributed by atoms with Gasteiger partial charge < -0.3 is 10.2 Å². The van der Waals surface area contributed by atoms with E-state index < -0.39 is 5.97 Å². The maximum atomic E-state index is 11.6. The standard InChI is InChI=1S/C14H22N4O2/c1-9-8-12(16-13(15-9)14(19)20-4)17-18-10(2)6-5-7-11(18)3/h8,10-11H,5-7H2,1-4H3,(H,15,16,17). The van der Waals surface area contributed by atoms with Crippen LogP contribution in [0.2, 0.25) is 0 Å². The molecular weight excluding hydrogens is 256 g/mol. The molecule has 1 fully saturated rings. The van der Waals surface area contributed by atoms with Crippen molar-refractivity contribution in [1.82, 2.24) is 15.0 Å². The molecule has 0 spiro atoms. The van der Waals surface area contributed by atoms with Crippen LogP contribution in [0.3, 0.4) is 0 Å². The molecular formula is C14H22N4O2. The molecule has 20 heavy (non-hydrogen) atoms. The number of rotatable bonds is 3. The highest BCUT2D eigenvalue weighted by Crippen LogP contribution is 2.23. The Morgan fingerprint density at radius 2 is 2.00 bits per heavy atom. The van der Waals surface area contributed by atoms with Crippen LogP contribution in [0.1, 0.15) is 49.4 Å². The molecule has 110 valence electrons. The van der Waals surface area contributed by atoms with Crippen molar-refractivity contribution in [2.24, 2.45) is 0 Å². The Bertz CT molecular complexity index is 482. The van der Waals surface area contributed by atoms with Crippen LogP contribution in [0, 0.1) is 6.92 Å². The SMILES string of the molecule is COC(=O)c1nc(C)cc(NN2C(C)CCCC2C)n1. The summed E-state index contributed by atoms with van der Waals surface area (Å²) in [5, 5.41) is 2.20. The number of piperidine rings is 1. The Balaban J connectivity index is 2.20. The van der Waals surface area contributed by atoms with Crippen molar-refractivity contribution in [3.8, 4) is 0 Å². The smallest absolute Gasteiger partial charge is 0.376 e. The lowest BCUT2D eigenvalue weighted by Crippen LogP contribution is -2.47. The maximum Gasteiger partial charge on any atom is 0.376 e. The molecule has 0 saturated carbocycles. The molecule has 0 radical (unpaired) electrons. The fourth-order valence-electron chi connectivity index (χ4n) is 2.58. The van der Waals surface area contributed by atoms with Crippen LogP contribution in [0.25, 0.3) is 0 Å². The lowest BCUT2D eigenvalue weighted by molar-refractivity contribution is 0.0586. The second kappa shape index (κ2) is 6.17. The van der Waals surface area contributed by atoms with E-state index in [1.807, 2.05) is 13.0 Å². The molecule has 6 nitrogen and oxygen atoms in total. The molecule has 1 N–H and O–H groups in total. The van der Waals surface area contributed by atoms with Gasteiger partial charge in [0.25, 0.3) is 0 Å². The summed E-state index contributed by atoms with van der Waals surface area (Å²) >= 11 is 0. The Labute approximate surface area is 119 Å². The summed E-state index contributed by atoms with van der Waals surface area (Å²) in [6, 6.07) is 2.71. The van der Waals surface area contributed by atoms with E-state index in [1.165, 1.54) is 13.5 Å². The summed E-state index contributed by atoms with van der Waals surface area (Å²) in [6.45, 7) is 6.22. The predicted molar refractivity (Wildman–Crippen MR) is 76.3 cm³/mol. The van der Waals surface area contributed by atoms with Gasteiger partial charge in [0, 0.05) is 23.8 Å². The zero-order valence-corrected chi connectivity index (χ0v) is 12.5. The van der Waals surface area contributed by atoms with Crippen LogP contribution in [-0.4, -0.2) is 40.1 Å². The first-order valence-corrected chi connectivity index (χ1v) is 7.00.